The van der Waals surface area contributed by atoms with Crippen molar-refractivity contribution in [2.24, 2.45) is 0 Å². The maximum absolute atomic E-state index is 14.1. The first kappa shape index (κ1) is 29.6. The lowest BCUT2D eigenvalue weighted by molar-refractivity contribution is 0.0850. The molecule has 0 atom stereocenters. The molecule has 1 aliphatic rings. The van der Waals surface area contributed by atoms with E-state index in [-0.39, 0.29) is 23.1 Å². The Morgan fingerprint density at radius 1 is 1.00 bits per heavy atom. The van der Waals surface area contributed by atoms with Gasteiger partial charge < -0.3 is 5.32 Å². The number of rotatable bonds is 8. The van der Waals surface area contributed by atoms with Crippen LogP contribution in [-0.4, -0.2) is 28.4 Å². The van der Waals surface area contributed by atoms with Crippen LogP contribution in [0.25, 0.3) is 11.1 Å². The van der Waals surface area contributed by atoms with E-state index in [1.165, 1.54) is 5.56 Å². The summed E-state index contributed by atoms with van der Waals surface area (Å²) in [5, 5.41) is 3.06. The number of alkyl halides is 1. The van der Waals surface area contributed by atoms with Crippen molar-refractivity contribution < 1.29 is 14.0 Å². The molecule has 0 bridgehead atoms. The molecule has 0 unspecified atom stereocenters. The van der Waals surface area contributed by atoms with E-state index in [4.69, 9.17) is 0 Å². The fourth-order valence-electron chi connectivity index (χ4n) is 5.41. The first-order chi connectivity index (χ1) is 18.8. The van der Waals surface area contributed by atoms with Crippen LogP contribution >= 0.6 is 0 Å². The highest BCUT2D eigenvalue weighted by atomic mass is 19.1. The number of amides is 1. The standard InChI is InChI=1S/C35H43FN2O2/c1-23-18-28(21-29(19-23)34(3,4)5)32(39)9-7-8-25-20-31(24(2)37-22-25)26-10-12-27(13-11-26)33(40)38-30-14-16-35(6,36)17-15-30/h10-13,18-22,30H,7-9,14-17H2,1-6H3,(H,38,40). The first-order valence-electron chi connectivity index (χ1n) is 14.5. The molecule has 0 radical (unpaired) electrons. The lowest BCUT2D eigenvalue weighted by Crippen LogP contribution is -2.40. The lowest BCUT2D eigenvalue weighted by Gasteiger charge is -2.31. The Morgan fingerprint density at radius 2 is 1.68 bits per heavy atom. The topological polar surface area (TPSA) is 59.1 Å². The van der Waals surface area contributed by atoms with Crippen LogP contribution in [0.1, 0.15) is 109 Å². The molecular weight excluding hydrogens is 499 g/mol. The van der Waals surface area contributed by atoms with Gasteiger partial charge in [0.1, 0.15) is 5.67 Å². The SMILES string of the molecule is Cc1cc(C(=O)CCCc2cnc(C)c(-c3ccc(C(=O)NC4CCC(C)(F)CC4)cc3)c2)cc(C(C)(C)C)c1. The number of carbonyl (C=O) groups excluding carboxylic acids is 2. The third-order valence-corrected chi connectivity index (χ3v) is 8.10. The molecule has 1 N–H and O–H groups in total. The van der Waals surface area contributed by atoms with Gasteiger partial charge in [-0.3, -0.25) is 14.6 Å². The van der Waals surface area contributed by atoms with Gasteiger partial charge in [0.05, 0.1) is 0 Å². The number of nitrogens with one attached hydrogen (secondary N) is 1. The molecule has 0 saturated heterocycles. The minimum atomic E-state index is -1.12. The molecule has 40 heavy (non-hydrogen) atoms. The van der Waals surface area contributed by atoms with Crippen molar-refractivity contribution in [3.63, 3.8) is 0 Å². The summed E-state index contributed by atoms with van der Waals surface area (Å²) < 4.78 is 14.1. The fraction of sp³-hybridized carbons (Fsp3) is 0.457. The summed E-state index contributed by atoms with van der Waals surface area (Å²) in [5.41, 5.74) is 6.62. The number of benzene rings is 2. The Morgan fingerprint density at radius 3 is 2.33 bits per heavy atom. The van der Waals surface area contributed by atoms with Gasteiger partial charge in [-0.1, -0.05) is 44.5 Å². The molecule has 4 rings (SSSR count). The third kappa shape index (κ3) is 7.65. The summed E-state index contributed by atoms with van der Waals surface area (Å²) in [5.74, 6) is 0.0609. The zero-order valence-corrected chi connectivity index (χ0v) is 24.9. The summed E-state index contributed by atoms with van der Waals surface area (Å²) in [6.45, 7) is 12.2. The molecule has 1 saturated carbocycles. The number of hydrogen-bond acceptors (Lipinski definition) is 3. The van der Waals surface area contributed by atoms with Crippen LogP contribution < -0.4 is 5.32 Å². The molecule has 212 valence electrons. The smallest absolute Gasteiger partial charge is 0.251 e. The minimum absolute atomic E-state index is 0.00135. The van der Waals surface area contributed by atoms with Crippen molar-refractivity contribution in [2.75, 3.05) is 0 Å². The van der Waals surface area contributed by atoms with E-state index in [1.807, 2.05) is 56.4 Å². The molecule has 1 aromatic heterocycles. The number of Topliss-reactive ketones (excluding diaryl/α,β-unsaturated/α-hetero) is 1. The number of pyridine rings is 1. The number of nitrogens with zero attached hydrogens (tertiary/aromatic N) is 1. The van der Waals surface area contributed by atoms with Gasteiger partial charge in [-0.25, -0.2) is 4.39 Å². The molecule has 1 heterocycles. The van der Waals surface area contributed by atoms with Gasteiger partial charge in [-0.15, -0.1) is 0 Å². The second-order valence-electron chi connectivity index (χ2n) is 12.8. The number of carbonyl (C=O) groups is 2. The molecule has 3 aromatic rings. The molecule has 1 amide bonds. The highest BCUT2D eigenvalue weighted by Crippen LogP contribution is 2.31. The second kappa shape index (κ2) is 12.0. The first-order valence-corrected chi connectivity index (χ1v) is 14.5. The van der Waals surface area contributed by atoms with E-state index in [1.54, 1.807) is 6.92 Å². The monoisotopic (exact) mass is 542 g/mol. The summed E-state index contributed by atoms with van der Waals surface area (Å²) in [4.78, 5) is 30.4. The average molecular weight is 543 g/mol. The maximum Gasteiger partial charge on any atom is 0.251 e. The minimum Gasteiger partial charge on any atom is -0.349 e. The van der Waals surface area contributed by atoms with Gasteiger partial charge >= 0.3 is 0 Å². The van der Waals surface area contributed by atoms with Gasteiger partial charge in [-0.2, -0.15) is 0 Å². The maximum atomic E-state index is 14.1. The van der Waals surface area contributed by atoms with Crippen LogP contribution in [0.3, 0.4) is 0 Å². The number of aryl methyl sites for hydroxylation is 3. The highest BCUT2D eigenvalue weighted by molar-refractivity contribution is 5.96. The van der Waals surface area contributed by atoms with Crippen molar-refractivity contribution in [3.05, 3.63) is 88.2 Å². The molecule has 4 nitrogen and oxygen atoms in total. The van der Waals surface area contributed by atoms with E-state index in [2.05, 4.69) is 43.2 Å². The van der Waals surface area contributed by atoms with Crippen molar-refractivity contribution in [1.29, 1.82) is 0 Å². The molecular formula is C35H43FN2O2. The number of halogens is 1. The van der Waals surface area contributed by atoms with E-state index < -0.39 is 5.67 Å². The van der Waals surface area contributed by atoms with Crippen LogP contribution in [0.2, 0.25) is 0 Å². The van der Waals surface area contributed by atoms with Gasteiger partial charge in [0, 0.05) is 41.0 Å². The van der Waals surface area contributed by atoms with Crippen molar-refractivity contribution in [3.8, 4) is 11.1 Å². The van der Waals surface area contributed by atoms with Crippen LogP contribution in [0, 0.1) is 13.8 Å². The van der Waals surface area contributed by atoms with Gasteiger partial charge in [0.25, 0.3) is 5.91 Å². The lowest BCUT2D eigenvalue weighted by atomic mass is 9.84. The summed E-state index contributed by atoms with van der Waals surface area (Å²) in [6, 6.07) is 15.9. The Labute approximate surface area is 238 Å². The van der Waals surface area contributed by atoms with Crippen LogP contribution in [0.4, 0.5) is 4.39 Å². The number of aromatic nitrogens is 1. The Balaban J connectivity index is 1.36. The van der Waals surface area contributed by atoms with Gasteiger partial charge in [0.15, 0.2) is 5.78 Å². The van der Waals surface area contributed by atoms with Crippen LogP contribution in [-0.2, 0) is 11.8 Å². The van der Waals surface area contributed by atoms with E-state index in [9.17, 15) is 14.0 Å². The highest BCUT2D eigenvalue weighted by Gasteiger charge is 2.31. The third-order valence-electron chi connectivity index (χ3n) is 8.10. The van der Waals surface area contributed by atoms with Crippen LogP contribution in [0.5, 0.6) is 0 Å². The molecule has 5 heteroatoms. The van der Waals surface area contributed by atoms with E-state index in [0.717, 1.165) is 46.4 Å². The predicted molar refractivity (Wildman–Crippen MR) is 161 cm³/mol. The average Bonchev–Trinajstić information content (AvgIpc) is 2.90. The van der Waals surface area contributed by atoms with Crippen molar-refractivity contribution >= 4 is 11.7 Å². The quantitative estimate of drug-likeness (QED) is 0.291. The van der Waals surface area contributed by atoms with Crippen molar-refractivity contribution in [2.45, 2.75) is 104 Å². The summed E-state index contributed by atoms with van der Waals surface area (Å²) >= 11 is 0. The second-order valence-corrected chi connectivity index (χ2v) is 12.8. The Hall–Kier alpha value is -3.34. The Kier molecular flexibility index (Phi) is 8.92. The normalized spacial score (nSPS) is 19.3. The van der Waals surface area contributed by atoms with Crippen molar-refractivity contribution in [1.82, 2.24) is 10.3 Å². The Bertz CT molecular complexity index is 1360. The zero-order valence-electron chi connectivity index (χ0n) is 24.9. The van der Waals surface area contributed by atoms with Crippen LogP contribution in [0.15, 0.2) is 54.7 Å². The molecule has 0 spiro atoms. The molecule has 1 fully saturated rings. The number of hydrogen-bond donors (Lipinski definition) is 1. The summed E-state index contributed by atoms with van der Waals surface area (Å²) in [6.07, 6.45) is 6.21. The van der Waals surface area contributed by atoms with Gasteiger partial charge in [-0.05, 0) is 112 Å². The molecule has 0 aliphatic heterocycles. The number of ketones is 1. The fourth-order valence-corrected chi connectivity index (χ4v) is 5.41. The van der Waals surface area contributed by atoms with E-state index in [0.29, 0.717) is 37.7 Å². The predicted octanol–water partition coefficient (Wildman–Crippen LogP) is 8.27. The largest absolute Gasteiger partial charge is 0.349 e. The van der Waals surface area contributed by atoms with E-state index >= 15 is 0 Å². The molecule has 1 aliphatic carbocycles. The summed E-state index contributed by atoms with van der Waals surface area (Å²) in [7, 11) is 0. The molecule has 2 aromatic carbocycles. The zero-order chi connectivity index (χ0) is 29.1. The van der Waals surface area contributed by atoms with Gasteiger partial charge in [0.2, 0.25) is 0 Å².